The van der Waals surface area contributed by atoms with Crippen LogP contribution in [0.15, 0.2) is 22.3 Å². The molecular weight excluding hydrogens is 218 g/mol. The first-order valence-corrected chi connectivity index (χ1v) is 5.88. The molecule has 0 bridgehead atoms. The third-order valence-corrected chi connectivity index (χ3v) is 3.09. The fourth-order valence-electron chi connectivity index (χ4n) is 1.02. The number of rotatable bonds is 4. The topological polar surface area (TPSA) is 58.0 Å². The molecule has 0 aliphatic carbocycles. The van der Waals surface area contributed by atoms with E-state index in [-0.39, 0.29) is 0 Å². The zero-order chi connectivity index (χ0) is 9.80. The van der Waals surface area contributed by atoms with Gasteiger partial charge >= 0.3 is 0 Å². The zero-order valence-electron chi connectivity index (χ0n) is 7.25. The van der Waals surface area contributed by atoms with Crippen molar-refractivity contribution in [3.8, 4) is 0 Å². The summed E-state index contributed by atoms with van der Waals surface area (Å²) in [6.07, 6.45) is -0.481. The number of anilines is 1. The van der Waals surface area contributed by atoms with Gasteiger partial charge in [0, 0.05) is 6.54 Å². The standard InChI is InChI=1S/C8H9N3OS2/c12-7(6-1-2-13-4-6)3-9-8-11-10-5-14-8/h1-2,4-5,7,12H,3H2,(H,9,11). The van der Waals surface area contributed by atoms with Crippen molar-refractivity contribution in [2.75, 3.05) is 11.9 Å². The molecule has 14 heavy (non-hydrogen) atoms. The molecule has 1 unspecified atom stereocenters. The number of hydrogen-bond donors (Lipinski definition) is 2. The Kier molecular flexibility index (Phi) is 3.07. The molecule has 0 fully saturated rings. The third kappa shape index (κ3) is 2.28. The maximum absolute atomic E-state index is 9.71. The Morgan fingerprint density at radius 1 is 1.57 bits per heavy atom. The molecule has 2 rings (SSSR count). The Morgan fingerprint density at radius 2 is 2.50 bits per heavy atom. The Labute approximate surface area is 89.3 Å². The molecule has 74 valence electrons. The van der Waals surface area contributed by atoms with Gasteiger partial charge in [0.05, 0.1) is 6.10 Å². The van der Waals surface area contributed by atoms with Crippen LogP contribution in [0.25, 0.3) is 0 Å². The normalized spacial score (nSPS) is 12.6. The van der Waals surface area contributed by atoms with Gasteiger partial charge in [0.2, 0.25) is 5.13 Å². The van der Waals surface area contributed by atoms with Crippen molar-refractivity contribution in [1.82, 2.24) is 10.2 Å². The number of nitrogens with zero attached hydrogens (tertiary/aromatic N) is 2. The summed E-state index contributed by atoms with van der Waals surface area (Å²) in [7, 11) is 0. The number of nitrogens with one attached hydrogen (secondary N) is 1. The molecule has 1 atom stereocenters. The first-order chi connectivity index (χ1) is 6.86. The number of aliphatic hydroxyl groups is 1. The van der Waals surface area contributed by atoms with Gasteiger partial charge in [-0.15, -0.1) is 10.2 Å². The molecule has 6 heteroatoms. The Morgan fingerprint density at radius 3 is 3.14 bits per heavy atom. The summed E-state index contributed by atoms with van der Waals surface area (Å²) >= 11 is 3.00. The fourth-order valence-corrected chi connectivity index (χ4v) is 2.18. The van der Waals surface area contributed by atoms with Crippen molar-refractivity contribution in [2.24, 2.45) is 0 Å². The maximum Gasteiger partial charge on any atom is 0.205 e. The zero-order valence-corrected chi connectivity index (χ0v) is 8.88. The average Bonchev–Trinajstić information content (AvgIpc) is 2.87. The molecule has 0 spiro atoms. The largest absolute Gasteiger partial charge is 0.387 e. The summed E-state index contributed by atoms with van der Waals surface area (Å²) in [5.41, 5.74) is 2.59. The van der Waals surface area contributed by atoms with Crippen LogP contribution in [0.5, 0.6) is 0 Å². The van der Waals surface area contributed by atoms with Gasteiger partial charge in [-0.05, 0) is 22.4 Å². The molecule has 0 aliphatic heterocycles. The van der Waals surface area contributed by atoms with Crippen LogP contribution in [0, 0.1) is 0 Å². The summed E-state index contributed by atoms with van der Waals surface area (Å²) in [5.74, 6) is 0. The van der Waals surface area contributed by atoms with E-state index >= 15 is 0 Å². The van der Waals surface area contributed by atoms with Crippen LogP contribution in [-0.2, 0) is 0 Å². The molecule has 4 nitrogen and oxygen atoms in total. The highest BCUT2D eigenvalue weighted by atomic mass is 32.1. The molecule has 0 saturated carbocycles. The highest BCUT2D eigenvalue weighted by Crippen LogP contribution is 2.17. The second-order valence-electron chi connectivity index (χ2n) is 2.70. The lowest BCUT2D eigenvalue weighted by Crippen LogP contribution is -2.11. The number of hydrogen-bond acceptors (Lipinski definition) is 6. The van der Waals surface area contributed by atoms with Gasteiger partial charge in [0.15, 0.2) is 0 Å². The number of thiophene rings is 1. The smallest absolute Gasteiger partial charge is 0.205 e. The predicted molar refractivity (Wildman–Crippen MR) is 57.7 cm³/mol. The van der Waals surface area contributed by atoms with Crippen molar-refractivity contribution in [1.29, 1.82) is 0 Å². The van der Waals surface area contributed by atoms with Crippen LogP contribution in [0.2, 0.25) is 0 Å². The fraction of sp³-hybridized carbons (Fsp3) is 0.250. The van der Waals surface area contributed by atoms with E-state index in [2.05, 4.69) is 15.5 Å². The minimum absolute atomic E-state index is 0.464. The van der Waals surface area contributed by atoms with Crippen LogP contribution < -0.4 is 5.32 Å². The Hall–Kier alpha value is -0.980. The summed E-state index contributed by atoms with van der Waals surface area (Å²) in [5, 5.41) is 24.8. The van der Waals surface area contributed by atoms with Crippen LogP contribution >= 0.6 is 22.7 Å². The first-order valence-electron chi connectivity index (χ1n) is 4.06. The number of aliphatic hydroxyl groups excluding tert-OH is 1. The summed E-state index contributed by atoms with van der Waals surface area (Å²) in [4.78, 5) is 0. The summed E-state index contributed by atoms with van der Waals surface area (Å²) in [6, 6.07) is 1.91. The highest BCUT2D eigenvalue weighted by molar-refractivity contribution is 7.13. The van der Waals surface area contributed by atoms with Gasteiger partial charge in [-0.3, -0.25) is 0 Å². The summed E-state index contributed by atoms with van der Waals surface area (Å²) in [6.45, 7) is 0.464. The van der Waals surface area contributed by atoms with E-state index in [0.717, 1.165) is 10.7 Å². The van der Waals surface area contributed by atoms with Gasteiger partial charge in [0.1, 0.15) is 5.51 Å². The molecule has 2 aromatic heterocycles. The SMILES string of the molecule is OC(CNc1nncs1)c1ccsc1. The van der Waals surface area contributed by atoms with Crippen molar-refractivity contribution in [3.63, 3.8) is 0 Å². The van der Waals surface area contributed by atoms with Gasteiger partial charge in [0.25, 0.3) is 0 Å². The minimum Gasteiger partial charge on any atom is -0.387 e. The van der Waals surface area contributed by atoms with Gasteiger partial charge < -0.3 is 10.4 Å². The molecule has 2 aromatic rings. The van der Waals surface area contributed by atoms with E-state index in [1.165, 1.54) is 11.3 Å². The van der Waals surface area contributed by atoms with Gasteiger partial charge in [-0.2, -0.15) is 11.3 Å². The van der Waals surface area contributed by atoms with E-state index in [0.29, 0.717) is 6.54 Å². The molecule has 0 aromatic carbocycles. The van der Waals surface area contributed by atoms with E-state index < -0.39 is 6.10 Å². The predicted octanol–water partition coefficient (Wildman–Crippen LogP) is 1.75. The molecule has 0 amide bonds. The molecule has 0 saturated heterocycles. The van der Waals surface area contributed by atoms with Gasteiger partial charge in [-0.25, -0.2) is 0 Å². The van der Waals surface area contributed by atoms with Crippen molar-refractivity contribution in [2.45, 2.75) is 6.10 Å². The Balaban J connectivity index is 1.87. The lowest BCUT2D eigenvalue weighted by molar-refractivity contribution is 0.192. The maximum atomic E-state index is 9.71. The second-order valence-corrected chi connectivity index (χ2v) is 4.31. The minimum atomic E-state index is -0.481. The van der Waals surface area contributed by atoms with E-state index in [9.17, 15) is 5.11 Å². The Bertz CT molecular complexity index is 360. The van der Waals surface area contributed by atoms with Crippen molar-refractivity contribution < 1.29 is 5.11 Å². The van der Waals surface area contributed by atoms with E-state index in [4.69, 9.17) is 0 Å². The van der Waals surface area contributed by atoms with Crippen LogP contribution in [0.1, 0.15) is 11.7 Å². The van der Waals surface area contributed by atoms with Crippen LogP contribution in [0.3, 0.4) is 0 Å². The molecule has 2 heterocycles. The third-order valence-electron chi connectivity index (χ3n) is 1.73. The lowest BCUT2D eigenvalue weighted by Gasteiger charge is -2.08. The van der Waals surface area contributed by atoms with Crippen LogP contribution in [0.4, 0.5) is 5.13 Å². The molecule has 2 N–H and O–H groups in total. The van der Waals surface area contributed by atoms with Crippen molar-refractivity contribution in [3.05, 3.63) is 27.9 Å². The first kappa shape index (κ1) is 9.57. The van der Waals surface area contributed by atoms with E-state index in [1.807, 2.05) is 16.8 Å². The molecule has 0 aliphatic rings. The quantitative estimate of drug-likeness (QED) is 0.835. The average molecular weight is 227 g/mol. The van der Waals surface area contributed by atoms with Crippen molar-refractivity contribution >= 4 is 27.8 Å². The monoisotopic (exact) mass is 227 g/mol. The molecular formula is C8H9N3OS2. The second kappa shape index (κ2) is 4.50. The van der Waals surface area contributed by atoms with Gasteiger partial charge in [-0.1, -0.05) is 11.3 Å². The lowest BCUT2D eigenvalue weighted by atomic mass is 10.2. The molecule has 0 radical (unpaired) electrons. The van der Waals surface area contributed by atoms with Crippen LogP contribution in [-0.4, -0.2) is 21.8 Å². The van der Waals surface area contributed by atoms with E-state index in [1.54, 1.807) is 16.8 Å². The number of aromatic nitrogens is 2. The highest BCUT2D eigenvalue weighted by Gasteiger charge is 2.07. The summed E-state index contributed by atoms with van der Waals surface area (Å²) < 4.78 is 0.